The van der Waals surface area contributed by atoms with Gasteiger partial charge in [-0.05, 0) is 36.2 Å². The average molecular weight is 374 g/mol. The molecule has 0 saturated carbocycles. The number of amides is 2. The number of benzene rings is 2. The predicted molar refractivity (Wildman–Crippen MR) is 99.9 cm³/mol. The molecule has 0 spiro atoms. The normalized spacial score (nSPS) is 16.1. The van der Waals surface area contributed by atoms with E-state index in [1.807, 2.05) is 32.0 Å². The lowest BCUT2D eigenvalue weighted by atomic mass is 10.0. The lowest BCUT2D eigenvalue weighted by Crippen LogP contribution is -2.59. The number of halogens is 1. The van der Waals surface area contributed by atoms with Crippen molar-refractivity contribution < 1.29 is 14.3 Å². The summed E-state index contributed by atoms with van der Waals surface area (Å²) < 4.78 is 5.44. The van der Waals surface area contributed by atoms with Gasteiger partial charge in [0.1, 0.15) is 11.9 Å². The monoisotopic (exact) mass is 373 g/mol. The summed E-state index contributed by atoms with van der Waals surface area (Å²) in [6, 6.07) is 14.1. The summed E-state index contributed by atoms with van der Waals surface area (Å²) in [5.74, 6) is -0.0745. The number of fused-ring (bicyclic) bond motifs is 1. The van der Waals surface area contributed by atoms with Crippen molar-refractivity contribution in [3.63, 3.8) is 0 Å². The zero-order valence-corrected chi connectivity index (χ0v) is 15.3. The molecule has 1 unspecified atom stereocenters. The van der Waals surface area contributed by atoms with Gasteiger partial charge in [-0.2, -0.15) is 0 Å². The number of anilines is 1. The summed E-state index contributed by atoms with van der Waals surface area (Å²) >= 11 is 6.01. The number of carbonyl (C=O) groups is 2. The largest absolute Gasteiger partial charge is 0.484 e. The molecule has 0 bridgehead atoms. The Hall–Kier alpha value is -2.73. The van der Waals surface area contributed by atoms with E-state index in [1.54, 1.807) is 30.3 Å². The first-order chi connectivity index (χ1) is 12.5. The van der Waals surface area contributed by atoms with Crippen LogP contribution in [0.1, 0.15) is 24.2 Å². The molecule has 1 aliphatic rings. The number of para-hydroxylation sites is 1. The zero-order chi connectivity index (χ0) is 18.7. The van der Waals surface area contributed by atoms with E-state index < -0.39 is 5.91 Å². The van der Waals surface area contributed by atoms with Gasteiger partial charge in [0.05, 0.1) is 5.56 Å². The van der Waals surface area contributed by atoms with Crippen LogP contribution in [0.2, 0.25) is 5.02 Å². The highest BCUT2D eigenvalue weighted by Gasteiger charge is 2.35. The molecule has 1 atom stereocenters. The highest BCUT2D eigenvalue weighted by Crippen LogP contribution is 2.29. The Balaban J connectivity index is 1.73. The molecule has 1 heterocycles. The molecule has 0 radical (unpaired) electrons. The number of carbonyl (C=O) groups excluding carboxylic acids is 2. The van der Waals surface area contributed by atoms with Crippen molar-refractivity contribution in [3.8, 4) is 5.75 Å². The van der Waals surface area contributed by atoms with Crippen LogP contribution in [0, 0.1) is 5.92 Å². The predicted octanol–water partition coefficient (Wildman–Crippen LogP) is 3.30. The van der Waals surface area contributed by atoms with Crippen LogP contribution in [-0.2, 0) is 4.79 Å². The van der Waals surface area contributed by atoms with Crippen molar-refractivity contribution in [1.82, 2.24) is 10.4 Å². The first-order valence-corrected chi connectivity index (χ1v) is 8.70. The number of ether oxygens (including phenoxy) is 1. The second kappa shape index (κ2) is 7.66. The third-order valence-electron chi connectivity index (χ3n) is 4.00. The summed E-state index contributed by atoms with van der Waals surface area (Å²) in [4.78, 5) is 25.2. The third-order valence-corrected chi connectivity index (χ3v) is 4.24. The summed E-state index contributed by atoms with van der Waals surface area (Å²) in [7, 11) is 0. The van der Waals surface area contributed by atoms with Crippen LogP contribution in [0.15, 0.2) is 48.5 Å². The van der Waals surface area contributed by atoms with Gasteiger partial charge in [0.2, 0.25) is 0 Å². The molecule has 0 saturated heterocycles. The van der Waals surface area contributed by atoms with Gasteiger partial charge in [0.15, 0.2) is 6.61 Å². The van der Waals surface area contributed by atoms with Gasteiger partial charge in [-0.3, -0.25) is 15.0 Å². The molecule has 2 aromatic carbocycles. The second-order valence-electron chi connectivity index (χ2n) is 6.33. The summed E-state index contributed by atoms with van der Waals surface area (Å²) in [6.07, 6.45) is -0.378. The van der Waals surface area contributed by atoms with Crippen LogP contribution < -0.4 is 15.5 Å². The minimum atomic E-state index is -0.417. The van der Waals surface area contributed by atoms with Crippen LogP contribution in [0.3, 0.4) is 0 Å². The van der Waals surface area contributed by atoms with E-state index in [0.717, 1.165) is 0 Å². The maximum Gasteiger partial charge on any atom is 0.276 e. The van der Waals surface area contributed by atoms with Crippen molar-refractivity contribution in [3.05, 3.63) is 59.1 Å². The van der Waals surface area contributed by atoms with Gasteiger partial charge in [0, 0.05) is 10.7 Å². The first-order valence-electron chi connectivity index (χ1n) is 8.32. The number of hydrazine groups is 1. The van der Waals surface area contributed by atoms with Crippen molar-refractivity contribution in [2.24, 2.45) is 5.92 Å². The highest BCUT2D eigenvalue weighted by molar-refractivity contribution is 6.31. The van der Waals surface area contributed by atoms with E-state index in [-0.39, 0.29) is 24.6 Å². The Bertz CT molecular complexity index is 811. The molecule has 26 heavy (non-hydrogen) atoms. The molecule has 3 rings (SSSR count). The van der Waals surface area contributed by atoms with Crippen LogP contribution in [0.25, 0.3) is 0 Å². The Morgan fingerprint density at radius 1 is 1.27 bits per heavy atom. The molecule has 2 amide bonds. The average Bonchev–Trinajstić information content (AvgIpc) is 2.63. The molecule has 0 fully saturated rings. The van der Waals surface area contributed by atoms with Gasteiger partial charge in [-0.15, -0.1) is 0 Å². The number of nitrogens with one attached hydrogen (secondary N) is 2. The molecule has 2 aromatic rings. The van der Waals surface area contributed by atoms with Crippen LogP contribution in [-0.4, -0.2) is 29.6 Å². The summed E-state index contributed by atoms with van der Waals surface area (Å²) in [5.41, 5.74) is 3.76. The molecule has 1 aliphatic heterocycles. The van der Waals surface area contributed by atoms with Crippen molar-refractivity contribution in [1.29, 1.82) is 0 Å². The molecule has 0 aliphatic carbocycles. The fourth-order valence-electron chi connectivity index (χ4n) is 2.72. The lowest BCUT2D eigenvalue weighted by molar-refractivity contribution is -0.128. The SMILES string of the molecule is CC(C)C1Nc2ccc(Cl)cc2C(=O)N1NC(=O)COc1ccccc1. The number of rotatable bonds is 5. The minimum absolute atomic E-state index is 0.0677. The number of hydrogen-bond acceptors (Lipinski definition) is 4. The Morgan fingerprint density at radius 2 is 2.00 bits per heavy atom. The van der Waals surface area contributed by atoms with Crippen molar-refractivity contribution in [2.45, 2.75) is 20.0 Å². The van der Waals surface area contributed by atoms with Gasteiger partial charge >= 0.3 is 0 Å². The molecule has 7 heteroatoms. The maximum absolute atomic E-state index is 12.9. The van der Waals surface area contributed by atoms with Gasteiger partial charge in [-0.1, -0.05) is 43.6 Å². The third kappa shape index (κ3) is 3.91. The van der Waals surface area contributed by atoms with E-state index in [1.165, 1.54) is 5.01 Å². The molecule has 0 aromatic heterocycles. The van der Waals surface area contributed by atoms with Gasteiger partial charge in [-0.25, -0.2) is 5.01 Å². The standard InChI is InChI=1S/C19H20ClN3O3/c1-12(2)18-21-16-9-8-13(20)10-15(16)19(25)23(18)22-17(24)11-26-14-6-4-3-5-7-14/h3-10,12,18,21H,11H2,1-2H3,(H,22,24). The lowest BCUT2D eigenvalue weighted by Gasteiger charge is -2.39. The maximum atomic E-state index is 12.9. The van der Waals surface area contributed by atoms with E-state index >= 15 is 0 Å². The Kier molecular flexibility index (Phi) is 5.32. The topological polar surface area (TPSA) is 70.7 Å². The Morgan fingerprint density at radius 3 is 2.69 bits per heavy atom. The Labute approximate surface area is 157 Å². The van der Waals surface area contributed by atoms with E-state index in [4.69, 9.17) is 16.3 Å². The second-order valence-corrected chi connectivity index (χ2v) is 6.77. The van der Waals surface area contributed by atoms with Crippen molar-refractivity contribution >= 4 is 29.1 Å². The fraction of sp³-hybridized carbons (Fsp3) is 0.263. The van der Waals surface area contributed by atoms with Crippen LogP contribution >= 0.6 is 11.6 Å². The first kappa shape index (κ1) is 18.1. The smallest absolute Gasteiger partial charge is 0.276 e. The van der Waals surface area contributed by atoms with Crippen molar-refractivity contribution in [2.75, 3.05) is 11.9 Å². The van der Waals surface area contributed by atoms with Crippen LogP contribution in [0.4, 0.5) is 5.69 Å². The quantitative estimate of drug-likeness (QED) is 0.843. The fourth-order valence-corrected chi connectivity index (χ4v) is 2.89. The highest BCUT2D eigenvalue weighted by atomic mass is 35.5. The van der Waals surface area contributed by atoms with Gasteiger partial charge < -0.3 is 10.1 Å². The summed E-state index contributed by atoms with van der Waals surface area (Å²) in [6.45, 7) is 3.73. The molecular weight excluding hydrogens is 354 g/mol. The molecule has 136 valence electrons. The molecule has 6 nitrogen and oxygen atoms in total. The summed E-state index contributed by atoms with van der Waals surface area (Å²) in [5, 5.41) is 5.04. The molecular formula is C19H20ClN3O3. The molecule has 2 N–H and O–H groups in total. The van der Waals surface area contributed by atoms with E-state index in [0.29, 0.717) is 22.0 Å². The zero-order valence-electron chi connectivity index (χ0n) is 14.5. The van der Waals surface area contributed by atoms with Gasteiger partial charge in [0.25, 0.3) is 11.8 Å². The minimum Gasteiger partial charge on any atom is -0.484 e. The number of nitrogens with zero attached hydrogens (tertiary/aromatic N) is 1. The van der Waals surface area contributed by atoms with E-state index in [2.05, 4.69) is 10.7 Å². The van der Waals surface area contributed by atoms with Crippen LogP contribution in [0.5, 0.6) is 5.75 Å². The van der Waals surface area contributed by atoms with E-state index in [9.17, 15) is 9.59 Å². The number of hydrogen-bond donors (Lipinski definition) is 2.